The second-order valence-electron chi connectivity index (χ2n) is 5.08. The zero-order valence-electron chi connectivity index (χ0n) is 11.5. The Morgan fingerprint density at radius 3 is 2.15 bits per heavy atom. The van der Waals surface area contributed by atoms with Crippen LogP contribution in [0.25, 0.3) is 0 Å². The predicted molar refractivity (Wildman–Crippen MR) is 68.9 cm³/mol. The molecule has 0 bridgehead atoms. The van der Waals surface area contributed by atoms with E-state index in [-0.39, 0.29) is 17.1 Å². The standard InChI is InChI=1S/C14H18F3NO2/c1-19-10-6-5-9(14(15,16)17)11(12(10)20-2)13(18)7-3-4-8-13/h5-6H,3-4,7-8,18H2,1-2H3. The number of halogens is 3. The van der Waals surface area contributed by atoms with Crippen molar-refractivity contribution in [1.29, 1.82) is 0 Å². The molecule has 0 heterocycles. The molecule has 1 aromatic carbocycles. The minimum Gasteiger partial charge on any atom is -0.493 e. The first kappa shape index (κ1) is 15.0. The van der Waals surface area contributed by atoms with Crippen LogP contribution < -0.4 is 15.2 Å². The van der Waals surface area contributed by atoms with Crippen LogP contribution in [-0.4, -0.2) is 14.2 Å². The van der Waals surface area contributed by atoms with Gasteiger partial charge in [-0.2, -0.15) is 13.2 Å². The summed E-state index contributed by atoms with van der Waals surface area (Å²) in [6.07, 6.45) is -1.81. The van der Waals surface area contributed by atoms with Crippen LogP contribution in [0.1, 0.15) is 36.8 Å². The van der Waals surface area contributed by atoms with Crippen molar-refractivity contribution in [3.8, 4) is 11.5 Å². The van der Waals surface area contributed by atoms with Gasteiger partial charge in [0.15, 0.2) is 11.5 Å². The molecule has 1 aromatic rings. The molecule has 1 aliphatic carbocycles. The molecule has 0 amide bonds. The third-order valence-corrected chi connectivity index (χ3v) is 3.84. The molecule has 1 saturated carbocycles. The van der Waals surface area contributed by atoms with Crippen LogP contribution in [0.3, 0.4) is 0 Å². The molecule has 2 rings (SSSR count). The zero-order valence-corrected chi connectivity index (χ0v) is 11.5. The lowest BCUT2D eigenvalue weighted by Crippen LogP contribution is -2.36. The van der Waals surface area contributed by atoms with E-state index >= 15 is 0 Å². The molecule has 0 saturated heterocycles. The van der Waals surface area contributed by atoms with Gasteiger partial charge in [-0.3, -0.25) is 0 Å². The number of alkyl halides is 3. The van der Waals surface area contributed by atoms with Gasteiger partial charge in [-0.15, -0.1) is 0 Å². The van der Waals surface area contributed by atoms with Crippen molar-refractivity contribution in [3.63, 3.8) is 0 Å². The summed E-state index contributed by atoms with van der Waals surface area (Å²) >= 11 is 0. The molecular formula is C14H18F3NO2. The monoisotopic (exact) mass is 289 g/mol. The number of hydrogen-bond acceptors (Lipinski definition) is 3. The Hall–Kier alpha value is -1.43. The average molecular weight is 289 g/mol. The Labute approximate surface area is 115 Å². The molecule has 6 heteroatoms. The maximum absolute atomic E-state index is 13.3. The Balaban J connectivity index is 2.71. The summed E-state index contributed by atoms with van der Waals surface area (Å²) in [6.45, 7) is 0. The molecule has 2 N–H and O–H groups in total. The van der Waals surface area contributed by atoms with Gasteiger partial charge in [0.05, 0.1) is 19.8 Å². The van der Waals surface area contributed by atoms with E-state index in [9.17, 15) is 13.2 Å². The smallest absolute Gasteiger partial charge is 0.416 e. The van der Waals surface area contributed by atoms with Gasteiger partial charge in [-0.1, -0.05) is 12.8 Å². The maximum atomic E-state index is 13.3. The number of rotatable bonds is 3. The second-order valence-corrected chi connectivity index (χ2v) is 5.08. The molecule has 0 unspecified atom stereocenters. The highest BCUT2D eigenvalue weighted by Crippen LogP contribution is 2.49. The van der Waals surface area contributed by atoms with E-state index < -0.39 is 17.3 Å². The molecule has 20 heavy (non-hydrogen) atoms. The van der Waals surface area contributed by atoms with Crippen molar-refractivity contribution in [2.24, 2.45) is 5.73 Å². The van der Waals surface area contributed by atoms with E-state index in [0.717, 1.165) is 18.9 Å². The number of benzene rings is 1. The summed E-state index contributed by atoms with van der Waals surface area (Å²) in [5, 5.41) is 0. The van der Waals surface area contributed by atoms with Crippen molar-refractivity contribution >= 4 is 0 Å². The van der Waals surface area contributed by atoms with E-state index in [2.05, 4.69) is 0 Å². The van der Waals surface area contributed by atoms with Gasteiger partial charge in [0, 0.05) is 11.1 Å². The lowest BCUT2D eigenvalue weighted by molar-refractivity contribution is -0.139. The molecule has 0 aromatic heterocycles. The largest absolute Gasteiger partial charge is 0.493 e. The maximum Gasteiger partial charge on any atom is 0.416 e. The summed E-state index contributed by atoms with van der Waals surface area (Å²) in [4.78, 5) is 0. The van der Waals surface area contributed by atoms with Gasteiger partial charge < -0.3 is 15.2 Å². The molecule has 112 valence electrons. The molecule has 1 aliphatic rings. The van der Waals surface area contributed by atoms with Gasteiger partial charge in [0.1, 0.15) is 0 Å². The summed E-state index contributed by atoms with van der Waals surface area (Å²) in [5.41, 5.74) is 4.51. The van der Waals surface area contributed by atoms with E-state index in [4.69, 9.17) is 15.2 Å². The molecule has 3 nitrogen and oxygen atoms in total. The van der Waals surface area contributed by atoms with Crippen LogP contribution in [0.2, 0.25) is 0 Å². The summed E-state index contributed by atoms with van der Waals surface area (Å²) in [6, 6.07) is 2.28. The van der Waals surface area contributed by atoms with Crippen LogP contribution in [-0.2, 0) is 11.7 Å². The minimum absolute atomic E-state index is 0.0179. The van der Waals surface area contributed by atoms with Crippen LogP contribution >= 0.6 is 0 Å². The van der Waals surface area contributed by atoms with Crippen molar-refractivity contribution in [1.82, 2.24) is 0 Å². The Morgan fingerprint density at radius 1 is 1.10 bits per heavy atom. The molecule has 0 radical (unpaired) electrons. The fraction of sp³-hybridized carbons (Fsp3) is 0.571. The first-order chi connectivity index (χ1) is 9.33. The fourth-order valence-electron chi connectivity index (χ4n) is 2.91. The topological polar surface area (TPSA) is 44.5 Å². The van der Waals surface area contributed by atoms with Crippen LogP contribution in [0, 0.1) is 0 Å². The van der Waals surface area contributed by atoms with Gasteiger partial charge in [-0.05, 0) is 25.0 Å². The number of nitrogens with two attached hydrogens (primary N) is 1. The van der Waals surface area contributed by atoms with E-state index in [1.54, 1.807) is 0 Å². The number of hydrogen-bond donors (Lipinski definition) is 1. The Bertz CT molecular complexity index is 494. The highest BCUT2D eigenvalue weighted by molar-refractivity contribution is 5.55. The van der Waals surface area contributed by atoms with Crippen molar-refractivity contribution in [2.45, 2.75) is 37.4 Å². The average Bonchev–Trinajstić information content (AvgIpc) is 2.83. The van der Waals surface area contributed by atoms with Gasteiger partial charge in [0.25, 0.3) is 0 Å². The lowest BCUT2D eigenvalue weighted by atomic mass is 9.84. The molecule has 0 aliphatic heterocycles. The minimum atomic E-state index is -4.47. The molecule has 0 atom stereocenters. The van der Waals surface area contributed by atoms with E-state index in [1.807, 2.05) is 0 Å². The highest BCUT2D eigenvalue weighted by atomic mass is 19.4. The van der Waals surface area contributed by atoms with Crippen LogP contribution in [0.5, 0.6) is 11.5 Å². The number of methoxy groups -OCH3 is 2. The molecular weight excluding hydrogens is 271 g/mol. The van der Waals surface area contributed by atoms with Crippen molar-refractivity contribution in [3.05, 3.63) is 23.3 Å². The quantitative estimate of drug-likeness (QED) is 0.927. The second kappa shape index (κ2) is 5.16. The van der Waals surface area contributed by atoms with Crippen molar-refractivity contribution < 1.29 is 22.6 Å². The van der Waals surface area contributed by atoms with Crippen LogP contribution in [0.4, 0.5) is 13.2 Å². The summed E-state index contributed by atoms with van der Waals surface area (Å²) in [7, 11) is 2.73. The first-order valence-corrected chi connectivity index (χ1v) is 6.45. The normalized spacial score (nSPS) is 18.1. The van der Waals surface area contributed by atoms with Gasteiger partial charge in [-0.25, -0.2) is 0 Å². The van der Waals surface area contributed by atoms with Crippen molar-refractivity contribution in [2.75, 3.05) is 14.2 Å². The predicted octanol–water partition coefficient (Wildman–Crippen LogP) is 3.45. The summed E-state index contributed by atoms with van der Waals surface area (Å²) in [5.74, 6) is 0.360. The SMILES string of the molecule is COc1ccc(C(F)(F)F)c(C2(N)CCCC2)c1OC. The van der Waals surface area contributed by atoms with Gasteiger partial charge >= 0.3 is 6.18 Å². The van der Waals surface area contributed by atoms with E-state index in [0.29, 0.717) is 12.8 Å². The Kier molecular flexibility index (Phi) is 3.86. The fourth-order valence-corrected chi connectivity index (χ4v) is 2.91. The molecule has 0 spiro atoms. The highest BCUT2D eigenvalue weighted by Gasteiger charge is 2.44. The van der Waals surface area contributed by atoms with Gasteiger partial charge in [0.2, 0.25) is 0 Å². The third kappa shape index (κ3) is 2.44. The van der Waals surface area contributed by atoms with Crippen LogP contribution in [0.15, 0.2) is 12.1 Å². The lowest BCUT2D eigenvalue weighted by Gasteiger charge is -2.30. The Morgan fingerprint density at radius 2 is 1.70 bits per heavy atom. The third-order valence-electron chi connectivity index (χ3n) is 3.84. The summed E-state index contributed by atoms with van der Waals surface area (Å²) < 4.78 is 50.1. The zero-order chi connectivity index (χ0) is 15.0. The number of ether oxygens (including phenoxy) is 2. The first-order valence-electron chi connectivity index (χ1n) is 6.45. The van der Waals surface area contributed by atoms with E-state index in [1.165, 1.54) is 20.3 Å². The molecule has 1 fully saturated rings.